The second kappa shape index (κ2) is 7.57. The van der Waals surface area contributed by atoms with Gasteiger partial charge < -0.3 is 14.9 Å². The number of aliphatic hydroxyl groups is 2. The molecule has 0 radical (unpaired) electrons. The molecule has 0 amide bonds. The van der Waals surface area contributed by atoms with Crippen molar-refractivity contribution in [2.24, 2.45) is 17.8 Å². The van der Waals surface area contributed by atoms with Gasteiger partial charge in [-0.25, -0.2) is 0 Å². The summed E-state index contributed by atoms with van der Waals surface area (Å²) >= 11 is 0. The zero-order valence-corrected chi connectivity index (χ0v) is 17.7. The van der Waals surface area contributed by atoms with E-state index in [9.17, 15) is 19.8 Å². The fraction of sp³-hybridized carbons (Fsp3) is 0.462. The van der Waals surface area contributed by atoms with E-state index in [2.05, 4.69) is 0 Å². The number of rotatable bonds is 7. The monoisotopic (exact) mass is 420 g/mol. The molecule has 5 rings (SSSR count). The molecule has 0 bridgehead atoms. The summed E-state index contributed by atoms with van der Waals surface area (Å²) in [6, 6.07) is 13.1. The third kappa shape index (κ3) is 3.22. The van der Waals surface area contributed by atoms with E-state index >= 15 is 0 Å². The van der Waals surface area contributed by atoms with Crippen molar-refractivity contribution in [1.29, 1.82) is 0 Å². The Morgan fingerprint density at radius 2 is 1.81 bits per heavy atom. The first-order chi connectivity index (χ1) is 15.0. The Kier molecular flexibility index (Phi) is 4.98. The van der Waals surface area contributed by atoms with Crippen molar-refractivity contribution in [3.05, 3.63) is 64.7 Å². The molecule has 1 heterocycles. The van der Waals surface area contributed by atoms with E-state index in [0.717, 1.165) is 24.0 Å². The number of fused-ring (bicyclic) bond motifs is 2. The van der Waals surface area contributed by atoms with Crippen LogP contribution in [0, 0.1) is 17.8 Å². The van der Waals surface area contributed by atoms with Crippen LogP contribution in [0.1, 0.15) is 64.4 Å². The third-order valence-electron chi connectivity index (χ3n) is 7.63. The van der Waals surface area contributed by atoms with E-state index in [1.807, 2.05) is 36.4 Å². The molecule has 5 atom stereocenters. The second-order valence-corrected chi connectivity index (χ2v) is 9.32. The maximum atomic E-state index is 13.2. The van der Waals surface area contributed by atoms with Gasteiger partial charge in [-0.2, -0.15) is 0 Å². The lowest BCUT2D eigenvalue weighted by Gasteiger charge is -2.26. The first-order valence-corrected chi connectivity index (χ1v) is 11.2. The summed E-state index contributed by atoms with van der Waals surface area (Å²) in [4.78, 5) is 26.0. The quantitative estimate of drug-likeness (QED) is 0.670. The number of aliphatic hydroxyl groups excluding tert-OH is 2. The maximum absolute atomic E-state index is 13.2. The minimum absolute atomic E-state index is 0.0219. The maximum Gasteiger partial charge on any atom is 0.166 e. The van der Waals surface area contributed by atoms with Crippen molar-refractivity contribution in [3.63, 3.8) is 0 Å². The number of hydrogen-bond acceptors (Lipinski definition) is 5. The predicted octanol–water partition coefficient (Wildman–Crippen LogP) is 3.54. The molecule has 2 aliphatic carbocycles. The van der Waals surface area contributed by atoms with Gasteiger partial charge in [0.1, 0.15) is 12.4 Å². The van der Waals surface area contributed by atoms with Crippen LogP contribution in [0.3, 0.4) is 0 Å². The molecule has 2 aromatic rings. The first kappa shape index (κ1) is 20.4. The highest BCUT2D eigenvalue weighted by molar-refractivity contribution is 6.04. The summed E-state index contributed by atoms with van der Waals surface area (Å²) in [6.07, 6.45) is 2.13. The van der Waals surface area contributed by atoms with Gasteiger partial charge in [-0.15, -0.1) is 0 Å². The molecule has 2 aromatic carbocycles. The molecule has 2 unspecified atom stereocenters. The fourth-order valence-corrected chi connectivity index (χ4v) is 5.77. The molecule has 162 valence electrons. The molecule has 0 spiro atoms. The second-order valence-electron chi connectivity index (χ2n) is 9.32. The zero-order chi connectivity index (χ0) is 21.8. The number of Topliss-reactive ketones (excluding diaryl/α,β-unsaturated/α-hetero) is 2. The summed E-state index contributed by atoms with van der Waals surface area (Å²) in [6.45, 7) is 1.85. The van der Waals surface area contributed by atoms with E-state index in [4.69, 9.17) is 4.74 Å². The van der Waals surface area contributed by atoms with Gasteiger partial charge in [0.15, 0.2) is 11.6 Å². The van der Waals surface area contributed by atoms with Crippen molar-refractivity contribution >= 4 is 11.6 Å². The molecule has 2 saturated carbocycles. The average molecular weight is 421 g/mol. The lowest BCUT2D eigenvalue weighted by Crippen LogP contribution is -2.33. The molecule has 1 aliphatic heterocycles. The molecular formula is C26H28O5. The van der Waals surface area contributed by atoms with Gasteiger partial charge >= 0.3 is 0 Å². The third-order valence-corrected chi connectivity index (χ3v) is 7.63. The lowest BCUT2D eigenvalue weighted by molar-refractivity contribution is 0.0960. The van der Waals surface area contributed by atoms with E-state index < -0.39 is 5.41 Å². The van der Waals surface area contributed by atoms with Gasteiger partial charge in [0.25, 0.3) is 0 Å². The molecule has 5 heteroatoms. The number of benzene rings is 2. The fourth-order valence-electron chi connectivity index (χ4n) is 5.77. The van der Waals surface area contributed by atoms with Gasteiger partial charge in [-0.1, -0.05) is 37.3 Å². The van der Waals surface area contributed by atoms with Gasteiger partial charge in [0, 0.05) is 24.0 Å². The topological polar surface area (TPSA) is 83.8 Å². The summed E-state index contributed by atoms with van der Waals surface area (Å²) < 4.78 is 5.99. The van der Waals surface area contributed by atoms with Crippen molar-refractivity contribution in [2.45, 2.75) is 44.1 Å². The van der Waals surface area contributed by atoms with Gasteiger partial charge in [0.2, 0.25) is 0 Å². The first-order valence-electron chi connectivity index (χ1n) is 11.2. The number of carbonyl (C=O) groups is 2. The normalized spacial score (nSPS) is 30.4. The smallest absolute Gasteiger partial charge is 0.166 e. The van der Waals surface area contributed by atoms with Gasteiger partial charge in [-0.05, 0) is 48.3 Å². The molecule has 3 aliphatic rings. The van der Waals surface area contributed by atoms with Crippen molar-refractivity contribution in [1.82, 2.24) is 0 Å². The number of hydrogen-bond donors (Lipinski definition) is 2. The average Bonchev–Trinajstić information content (AvgIpc) is 3.13. The summed E-state index contributed by atoms with van der Waals surface area (Å²) in [5.41, 5.74) is 1.77. The summed E-state index contributed by atoms with van der Waals surface area (Å²) in [5.74, 6) is 1.69. The SMILES string of the molecule is CCC(=O)c1cc(C(=O)CC2[C@H]3CC(O)C[C@@H]23)cc2c1OC[C@@]2(CO)c1ccccc1. The van der Waals surface area contributed by atoms with E-state index in [-0.39, 0.29) is 30.9 Å². The van der Waals surface area contributed by atoms with Crippen LogP contribution >= 0.6 is 0 Å². The Balaban J connectivity index is 1.54. The minimum Gasteiger partial charge on any atom is -0.491 e. The van der Waals surface area contributed by atoms with Crippen LogP contribution in [0.25, 0.3) is 0 Å². The Labute approximate surface area is 182 Å². The van der Waals surface area contributed by atoms with Crippen LogP contribution in [-0.4, -0.2) is 41.1 Å². The number of ether oxygens (including phenoxy) is 1. The number of carbonyl (C=O) groups excluding carboxylic acids is 2. The standard InChI is InChI=1S/C26H28O5/c1-2-23(29)21-8-15(24(30)12-20-18-10-17(28)11-19(18)20)9-22-25(21)31-14-26(22,13-27)16-6-4-3-5-7-16/h3-9,17-20,27-28H,2,10-14H2,1H3/t17?,18-,19+,20?,26-/m0/s1. The summed E-state index contributed by atoms with van der Waals surface area (Å²) in [5, 5.41) is 20.2. The lowest BCUT2D eigenvalue weighted by atomic mass is 9.75. The summed E-state index contributed by atoms with van der Waals surface area (Å²) in [7, 11) is 0. The van der Waals surface area contributed by atoms with Crippen LogP contribution in [0.4, 0.5) is 0 Å². The molecule has 0 aromatic heterocycles. The highest BCUT2D eigenvalue weighted by atomic mass is 16.5. The minimum atomic E-state index is -0.796. The van der Waals surface area contributed by atoms with Crippen molar-refractivity contribution < 1.29 is 24.5 Å². The highest BCUT2D eigenvalue weighted by Gasteiger charge is 2.56. The Morgan fingerprint density at radius 3 is 2.45 bits per heavy atom. The van der Waals surface area contributed by atoms with E-state index in [1.54, 1.807) is 13.0 Å². The molecule has 5 nitrogen and oxygen atoms in total. The van der Waals surface area contributed by atoms with Crippen LogP contribution in [0.15, 0.2) is 42.5 Å². The zero-order valence-electron chi connectivity index (χ0n) is 17.7. The van der Waals surface area contributed by atoms with Crippen LogP contribution < -0.4 is 4.74 Å². The largest absolute Gasteiger partial charge is 0.491 e. The van der Waals surface area contributed by atoms with Crippen molar-refractivity contribution in [2.75, 3.05) is 13.2 Å². The number of ketones is 2. The van der Waals surface area contributed by atoms with Crippen LogP contribution in [0.5, 0.6) is 5.75 Å². The Bertz CT molecular complexity index is 1020. The van der Waals surface area contributed by atoms with Crippen molar-refractivity contribution in [3.8, 4) is 5.75 Å². The predicted molar refractivity (Wildman–Crippen MR) is 116 cm³/mol. The van der Waals surface area contributed by atoms with Gasteiger partial charge in [-0.3, -0.25) is 9.59 Å². The van der Waals surface area contributed by atoms with Crippen LogP contribution in [0.2, 0.25) is 0 Å². The van der Waals surface area contributed by atoms with E-state index in [0.29, 0.717) is 47.5 Å². The molecule has 31 heavy (non-hydrogen) atoms. The van der Waals surface area contributed by atoms with E-state index in [1.165, 1.54) is 0 Å². The Morgan fingerprint density at radius 1 is 1.10 bits per heavy atom. The highest BCUT2D eigenvalue weighted by Crippen LogP contribution is 2.59. The molecule has 2 fully saturated rings. The van der Waals surface area contributed by atoms with Crippen LogP contribution in [-0.2, 0) is 5.41 Å². The molecule has 0 saturated heterocycles. The van der Waals surface area contributed by atoms with Gasteiger partial charge in [0.05, 0.1) is 23.7 Å². The Hall–Kier alpha value is -2.50. The molecular weight excluding hydrogens is 392 g/mol. The molecule has 2 N–H and O–H groups in total.